The zero-order valence-corrected chi connectivity index (χ0v) is 13.9. The Hall–Kier alpha value is -0.710. The normalized spacial score (nSPS) is 17.6. The van der Waals surface area contributed by atoms with Crippen LogP contribution in [0.1, 0.15) is 24.2 Å². The molecule has 0 amide bonds. The fourth-order valence-electron chi connectivity index (χ4n) is 2.58. The molecule has 1 saturated heterocycles. The van der Waals surface area contributed by atoms with Gasteiger partial charge in [-0.2, -0.15) is 0 Å². The van der Waals surface area contributed by atoms with E-state index in [4.69, 9.17) is 0 Å². The molecule has 1 aliphatic heterocycles. The molecule has 1 fully saturated rings. The molecule has 110 valence electrons. The Bertz CT molecular complexity index is 436. The van der Waals surface area contributed by atoms with Gasteiger partial charge in [-0.25, -0.2) is 0 Å². The summed E-state index contributed by atoms with van der Waals surface area (Å²) in [6.07, 6.45) is 0. The number of carbonyl (C=O) groups is 1. The summed E-state index contributed by atoms with van der Waals surface area (Å²) in [4.78, 5) is 17.0. The van der Waals surface area contributed by atoms with E-state index in [0.29, 0.717) is 12.5 Å². The maximum atomic E-state index is 12.2. The zero-order valence-electron chi connectivity index (χ0n) is 12.3. The van der Waals surface area contributed by atoms with E-state index in [1.54, 1.807) is 0 Å². The molecule has 3 nitrogen and oxygen atoms in total. The Morgan fingerprint density at radius 2 is 1.65 bits per heavy atom. The molecule has 0 radical (unpaired) electrons. The summed E-state index contributed by atoms with van der Waals surface area (Å²) < 4.78 is 1.01. The van der Waals surface area contributed by atoms with Crippen LogP contribution in [0.15, 0.2) is 28.7 Å². The number of rotatable bonds is 5. The van der Waals surface area contributed by atoms with Crippen molar-refractivity contribution in [1.29, 1.82) is 0 Å². The molecule has 0 bridgehead atoms. The highest BCUT2D eigenvalue weighted by Gasteiger charge is 2.19. The third kappa shape index (κ3) is 4.69. The van der Waals surface area contributed by atoms with Crippen molar-refractivity contribution < 1.29 is 4.79 Å². The molecule has 4 heteroatoms. The SMILES string of the molecule is CC(C)CN1CCN(CC(=O)c2ccc(Br)cc2)CC1. The lowest BCUT2D eigenvalue weighted by Gasteiger charge is -2.35. The number of carbonyl (C=O) groups excluding carboxylic acids is 1. The van der Waals surface area contributed by atoms with Crippen molar-refractivity contribution in [3.8, 4) is 0 Å². The van der Waals surface area contributed by atoms with Crippen LogP contribution >= 0.6 is 15.9 Å². The maximum Gasteiger partial charge on any atom is 0.176 e. The smallest absolute Gasteiger partial charge is 0.176 e. The minimum atomic E-state index is 0.217. The molecule has 0 atom stereocenters. The van der Waals surface area contributed by atoms with Crippen LogP contribution in [0, 0.1) is 5.92 Å². The molecule has 0 aromatic heterocycles. The highest BCUT2D eigenvalue weighted by molar-refractivity contribution is 9.10. The third-order valence-corrected chi connectivity index (χ3v) is 4.15. The summed E-state index contributed by atoms with van der Waals surface area (Å²) in [6.45, 7) is 10.3. The summed E-state index contributed by atoms with van der Waals surface area (Å²) in [5.74, 6) is 0.931. The average molecular weight is 339 g/mol. The van der Waals surface area contributed by atoms with Crippen molar-refractivity contribution in [3.05, 3.63) is 34.3 Å². The molecular weight excluding hydrogens is 316 g/mol. The Morgan fingerprint density at radius 1 is 1.10 bits per heavy atom. The van der Waals surface area contributed by atoms with E-state index in [0.717, 1.165) is 42.8 Å². The second kappa shape index (κ2) is 7.34. The second-order valence-electron chi connectivity index (χ2n) is 5.90. The quantitative estimate of drug-likeness (QED) is 0.771. The first kappa shape index (κ1) is 15.7. The van der Waals surface area contributed by atoms with Gasteiger partial charge in [-0.15, -0.1) is 0 Å². The molecule has 0 N–H and O–H groups in total. The van der Waals surface area contributed by atoms with Crippen molar-refractivity contribution in [2.24, 2.45) is 5.92 Å². The van der Waals surface area contributed by atoms with Gasteiger partial charge >= 0.3 is 0 Å². The van der Waals surface area contributed by atoms with Crippen molar-refractivity contribution in [2.75, 3.05) is 39.3 Å². The van der Waals surface area contributed by atoms with Gasteiger partial charge in [-0.05, 0) is 18.1 Å². The number of benzene rings is 1. The van der Waals surface area contributed by atoms with Gasteiger partial charge in [0, 0.05) is 42.8 Å². The molecule has 1 aromatic carbocycles. The summed E-state index contributed by atoms with van der Waals surface area (Å²) in [5.41, 5.74) is 0.804. The zero-order chi connectivity index (χ0) is 14.5. The highest BCUT2D eigenvalue weighted by Crippen LogP contribution is 2.12. The van der Waals surface area contributed by atoms with Gasteiger partial charge in [-0.1, -0.05) is 41.9 Å². The van der Waals surface area contributed by atoms with E-state index in [-0.39, 0.29) is 5.78 Å². The molecule has 0 aliphatic carbocycles. The minimum Gasteiger partial charge on any atom is -0.301 e. The average Bonchev–Trinajstić information content (AvgIpc) is 2.41. The Labute approximate surface area is 130 Å². The summed E-state index contributed by atoms with van der Waals surface area (Å²) in [7, 11) is 0. The van der Waals surface area contributed by atoms with E-state index in [1.165, 1.54) is 0 Å². The topological polar surface area (TPSA) is 23.6 Å². The number of Topliss-reactive ketones (excluding diaryl/α,β-unsaturated/α-hetero) is 1. The van der Waals surface area contributed by atoms with Crippen LogP contribution in [-0.2, 0) is 0 Å². The molecule has 0 spiro atoms. The molecular formula is C16H23BrN2O. The standard InChI is InChI=1S/C16H23BrN2O/c1-13(2)11-18-7-9-19(10-8-18)12-16(20)14-3-5-15(17)6-4-14/h3-6,13H,7-12H2,1-2H3. The lowest BCUT2D eigenvalue weighted by Crippen LogP contribution is -2.48. The van der Waals surface area contributed by atoms with E-state index in [1.807, 2.05) is 24.3 Å². The Morgan fingerprint density at radius 3 is 2.20 bits per heavy atom. The summed E-state index contributed by atoms with van der Waals surface area (Å²) in [6, 6.07) is 7.63. The summed E-state index contributed by atoms with van der Waals surface area (Å²) >= 11 is 3.39. The van der Waals surface area contributed by atoms with Crippen LogP contribution < -0.4 is 0 Å². The first-order valence-corrected chi connectivity index (χ1v) is 8.07. The number of ketones is 1. The van der Waals surface area contributed by atoms with Gasteiger partial charge < -0.3 is 4.90 Å². The largest absolute Gasteiger partial charge is 0.301 e. The van der Waals surface area contributed by atoms with Crippen LogP contribution in [0.5, 0.6) is 0 Å². The van der Waals surface area contributed by atoms with Crippen LogP contribution in [0.2, 0.25) is 0 Å². The predicted molar refractivity (Wildman–Crippen MR) is 86.2 cm³/mol. The molecule has 20 heavy (non-hydrogen) atoms. The van der Waals surface area contributed by atoms with Crippen molar-refractivity contribution in [2.45, 2.75) is 13.8 Å². The minimum absolute atomic E-state index is 0.217. The molecule has 0 saturated carbocycles. The number of halogens is 1. The van der Waals surface area contributed by atoms with Crippen molar-refractivity contribution in [3.63, 3.8) is 0 Å². The molecule has 2 rings (SSSR count). The van der Waals surface area contributed by atoms with E-state index < -0.39 is 0 Å². The van der Waals surface area contributed by atoms with Crippen molar-refractivity contribution in [1.82, 2.24) is 9.80 Å². The first-order chi connectivity index (χ1) is 9.54. The lowest BCUT2D eigenvalue weighted by atomic mass is 10.1. The number of nitrogens with zero attached hydrogens (tertiary/aromatic N) is 2. The molecule has 0 unspecified atom stereocenters. The van der Waals surface area contributed by atoms with Crippen LogP contribution in [-0.4, -0.2) is 54.9 Å². The predicted octanol–water partition coefficient (Wildman–Crippen LogP) is 2.91. The van der Waals surface area contributed by atoms with E-state index in [9.17, 15) is 4.79 Å². The third-order valence-electron chi connectivity index (χ3n) is 3.62. The number of piperazine rings is 1. The van der Waals surface area contributed by atoms with Crippen molar-refractivity contribution >= 4 is 21.7 Å². The maximum absolute atomic E-state index is 12.2. The van der Waals surface area contributed by atoms with Gasteiger partial charge in [0.05, 0.1) is 6.54 Å². The fraction of sp³-hybridized carbons (Fsp3) is 0.562. The first-order valence-electron chi connectivity index (χ1n) is 7.28. The monoisotopic (exact) mass is 338 g/mol. The highest BCUT2D eigenvalue weighted by atomic mass is 79.9. The van der Waals surface area contributed by atoms with Gasteiger partial charge in [0.1, 0.15) is 0 Å². The Balaban J connectivity index is 1.80. The lowest BCUT2D eigenvalue weighted by molar-refractivity contribution is 0.0837. The van der Waals surface area contributed by atoms with E-state index in [2.05, 4.69) is 39.6 Å². The fourth-order valence-corrected chi connectivity index (χ4v) is 2.84. The van der Waals surface area contributed by atoms with Gasteiger partial charge in [0.15, 0.2) is 5.78 Å². The molecule has 1 aromatic rings. The summed E-state index contributed by atoms with van der Waals surface area (Å²) in [5, 5.41) is 0. The Kier molecular flexibility index (Phi) is 5.75. The van der Waals surface area contributed by atoms with E-state index >= 15 is 0 Å². The van der Waals surface area contributed by atoms with Gasteiger partial charge in [0.2, 0.25) is 0 Å². The number of hydrogen-bond acceptors (Lipinski definition) is 3. The second-order valence-corrected chi connectivity index (χ2v) is 6.82. The van der Waals surface area contributed by atoms with Crippen LogP contribution in [0.25, 0.3) is 0 Å². The van der Waals surface area contributed by atoms with Crippen LogP contribution in [0.3, 0.4) is 0 Å². The number of hydrogen-bond donors (Lipinski definition) is 0. The van der Waals surface area contributed by atoms with Crippen LogP contribution in [0.4, 0.5) is 0 Å². The van der Waals surface area contributed by atoms with Gasteiger partial charge in [0.25, 0.3) is 0 Å². The molecule has 1 aliphatic rings. The van der Waals surface area contributed by atoms with Gasteiger partial charge in [-0.3, -0.25) is 9.69 Å². The molecule has 1 heterocycles.